The predicted octanol–water partition coefficient (Wildman–Crippen LogP) is 8.90. The zero-order chi connectivity index (χ0) is 27.5. The summed E-state index contributed by atoms with van der Waals surface area (Å²) >= 11 is 0. The van der Waals surface area contributed by atoms with Crippen molar-refractivity contribution in [3.63, 3.8) is 0 Å². The number of aryl methyl sites for hydroxylation is 4. The molecule has 0 aliphatic heterocycles. The van der Waals surface area contributed by atoms with Crippen molar-refractivity contribution in [1.82, 2.24) is 19.1 Å². The van der Waals surface area contributed by atoms with Crippen LogP contribution in [0, 0.1) is 13.8 Å². The van der Waals surface area contributed by atoms with Crippen molar-refractivity contribution in [2.75, 3.05) is 0 Å². The molecule has 2 heterocycles. The molecule has 0 saturated heterocycles. The maximum atomic E-state index is 5.11. The van der Waals surface area contributed by atoms with Crippen molar-refractivity contribution in [2.24, 2.45) is 7.05 Å². The Morgan fingerprint density at radius 1 is 0.718 bits per heavy atom. The van der Waals surface area contributed by atoms with Gasteiger partial charge in [-0.1, -0.05) is 81.4 Å². The Bertz CT molecular complexity index is 1740. The third-order valence-electron chi connectivity index (χ3n) is 7.39. The Kier molecular flexibility index (Phi) is 7.65. The molecule has 0 saturated carbocycles. The standard InChI is InChI=1S/C33H32N4.C2H6/c1-5-10-31-35-32-23(3)19-26(33-34-28-13-8-9-14-29(28)36(33)4)20-30(32)37(31)21-24-15-17-25(18-16-24)27-12-7-6-11-22(27)2;1-2/h6-9,11-20H,5,10,21H2,1-4H3;1-2H3. The van der Waals surface area contributed by atoms with Crippen LogP contribution in [0.5, 0.6) is 0 Å². The lowest BCUT2D eigenvalue weighted by Gasteiger charge is -2.12. The number of para-hydroxylation sites is 2. The van der Waals surface area contributed by atoms with E-state index in [4.69, 9.17) is 9.97 Å². The molecule has 2 aromatic heterocycles. The Morgan fingerprint density at radius 3 is 2.15 bits per heavy atom. The number of nitrogens with zero attached hydrogens (tertiary/aromatic N) is 4. The average molecular weight is 515 g/mol. The first-order valence-electron chi connectivity index (χ1n) is 14.1. The number of aromatic nitrogens is 4. The number of rotatable bonds is 6. The zero-order valence-corrected chi connectivity index (χ0v) is 24.0. The molecule has 0 radical (unpaired) electrons. The minimum absolute atomic E-state index is 0.797. The Balaban J connectivity index is 0.00000151. The van der Waals surface area contributed by atoms with E-state index < -0.39 is 0 Å². The summed E-state index contributed by atoms with van der Waals surface area (Å²) in [7, 11) is 2.10. The van der Waals surface area contributed by atoms with Crippen molar-refractivity contribution < 1.29 is 0 Å². The highest BCUT2D eigenvalue weighted by atomic mass is 15.1. The summed E-state index contributed by atoms with van der Waals surface area (Å²) in [4.78, 5) is 10.1. The smallest absolute Gasteiger partial charge is 0.140 e. The minimum atomic E-state index is 0.797. The molecule has 0 spiro atoms. The lowest BCUT2D eigenvalue weighted by molar-refractivity contribution is 0.722. The summed E-state index contributed by atoms with van der Waals surface area (Å²) < 4.78 is 4.59. The molecule has 0 bridgehead atoms. The monoisotopic (exact) mass is 514 g/mol. The highest BCUT2D eigenvalue weighted by molar-refractivity contribution is 5.87. The third kappa shape index (κ3) is 4.99. The largest absolute Gasteiger partial charge is 0.327 e. The number of benzene rings is 4. The van der Waals surface area contributed by atoms with Gasteiger partial charge < -0.3 is 9.13 Å². The molecule has 0 atom stereocenters. The Hall–Kier alpha value is -4.18. The first-order chi connectivity index (χ1) is 19.0. The molecule has 0 aliphatic rings. The van der Waals surface area contributed by atoms with Crippen molar-refractivity contribution in [1.29, 1.82) is 0 Å². The average Bonchev–Trinajstić information content (AvgIpc) is 3.48. The molecule has 4 nitrogen and oxygen atoms in total. The van der Waals surface area contributed by atoms with Crippen molar-refractivity contribution in [2.45, 2.75) is 54.0 Å². The lowest BCUT2D eigenvalue weighted by atomic mass is 9.99. The predicted molar refractivity (Wildman–Crippen MR) is 165 cm³/mol. The molecule has 6 rings (SSSR count). The van der Waals surface area contributed by atoms with Crippen LogP contribution >= 0.6 is 0 Å². The van der Waals surface area contributed by atoms with Gasteiger partial charge in [0.1, 0.15) is 11.6 Å². The summed E-state index contributed by atoms with van der Waals surface area (Å²) in [5.41, 5.74) is 11.9. The van der Waals surface area contributed by atoms with Crippen LogP contribution in [-0.4, -0.2) is 19.1 Å². The van der Waals surface area contributed by atoms with Crippen LogP contribution in [0.1, 0.15) is 49.7 Å². The second-order valence-electron chi connectivity index (χ2n) is 10.0. The van der Waals surface area contributed by atoms with E-state index in [9.17, 15) is 0 Å². The van der Waals surface area contributed by atoms with E-state index in [2.05, 4.69) is 116 Å². The van der Waals surface area contributed by atoms with E-state index in [1.165, 1.54) is 33.3 Å². The number of hydrogen-bond donors (Lipinski definition) is 0. The van der Waals surface area contributed by atoms with Crippen molar-refractivity contribution >= 4 is 22.1 Å². The first-order valence-corrected chi connectivity index (χ1v) is 14.1. The van der Waals surface area contributed by atoms with Crippen molar-refractivity contribution in [3.8, 4) is 22.5 Å². The lowest BCUT2D eigenvalue weighted by Crippen LogP contribution is -2.05. The number of imidazole rings is 2. The van der Waals surface area contributed by atoms with Gasteiger partial charge in [0, 0.05) is 25.6 Å². The number of fused-ring (bicyclic) bond motifs is 2. The maximum Gasteiger partial charge on any atom is 0.140 e. The number of hydrogen-bond acceptors (Lipinski definition) is 2. The summed E-state index contributed by atoms with van der Waals surface area (Å²) in [6.45, 7) is 11.4. The Morgan fingerprint density at radius 2 is 1.44 bits per heavy atom. The van der Waals surface area contributed by atoms with Crippen molar-refractivity contribution in [3.05, 3.63) is 107 Å². The van der Waals surface area contributed by atoms with Gasteiger partial charge in [-0.3, -0.25) is 0 Å². The van der Waals surface area contributed by atoms with Gasteiger partial charge in [-0.2, -0.15) is 0 Å². The summed E-state index contributed by atoms with van der Waals surface area (Å²) in [6.07, 6.45) is 2.02. The van der Waals surface area contributed by atoms with Gasteiger partial charge in [0.25, 0.3) is 0 Å². The fourth-order valence-electron chi connectivity index (χ4n) is 5.43. The van der Waals surface area contributed by atoms with Gasteiger partial charge in [0.2, 0.25) is 0 Å². The summed E-state index contributed by atoms with van der Waals surface area (Å²) in [6, 6.07) is 30.4. The van der Waals surface area contributed by atoms with E-state index in [0.29, 0.717) is 0 Å². The molecule has 0 unspecified atom stereocenters. The van der Waals surface area contributed by atoms with Crippen LogP contribution in [0.4, 0.5) is 0 Å². The molecule has 4 heteroatoms. The molecule has 0 amide bonds. The molecular weight excluding hydrogens is 476 g/mol. The van der Waals surface area contributed by atoms with Gasteiger partial charge in [-0.15, -0.1) is 0 Å². The van der Waals surface area contributed by atoms with Crippen LogP contribution in [0.2, 0.25) is 0 Å². The topological polar surface area (TPSA) is 35.6 Å². The van der Waals surface area contributed by atoms with Gasteiger partial charge in [-0.25, -0.2) is 9.97 Å². The normalized spacial score (nSPS) is 11.1. The summed E-state index contributed by atoms with van der Waals surface area (Å²) in [5.74, 6) is 2.13. The molecule has 39 heavy (non-hydrogen) atoms. The fourth-order valence-corrected chi connectivity index (χ4v) is 5.43. The van der Waals surface area contributed by atoms with E-state index in [-0.39, 0.29) is 0 Å². The van der Waals surface area contributed by atoms with Crippen LogP contribution in [-0.2, 0) is 20.0 Å². The van der Waals surface area contributed by atoms with Crippen LogP contribution in [0.25, 0.3) is 44.6 Å². The second kappa shape index (κ2) is 11.3. The van der Waals surface area contributed by atoms with Crippen LogP contribution in [0.15, 0.2) is 84.9 Å². The SMILES string of the molecule is CC.CCCc1nc2c(C)cc(-c3nc4ccccc4n3C)cc2n1Cc1ccc(-c2ccccc2C)cc1. The molecule has 0 N–H and O–H groups in total. The minimum Gasteiger partial charge on any atom is -0.327 e. The maximum absolute atomic E-state index is 5.11. The molecular formula is C35H38N4. The Labute approximate surface area is 232 Å². The van der Waals surface area contributed by atoms with E-state index in [1.807, 2.05) is 19.9 Å². The quantitative estimate of drug-likeness (QED) is 0.222. The van der Waals surface area contributed by atoms with E-state index >= 15 is 0 Å². The van der Waals surface area contributed by atoms with E-state index in [1.54, 1.807) is 0 Å². The molecule has 0 aliphatic carbocycles. The van der Waals surface area contributed by atoms with Crippen LogP contribution < -0.4 is 0 Å². The zero-order valence-electron chi connectivity index (χ0n) is 24.0. The molecule has 0 fully saturated rings. The van der Waals surface area contributed by atoms with Gasteiger partial charge in [0.05, 0.1) is 22.1 Å². The highest BCUT2D eigenvalue weighted by Crippen LogP contribution is 2.31. The molecule has 4 aromatic carbocycles. The highest BCUT2D eigenvalue weighted by Gasteiger charge is 2.17. The second-order valence-corrected chi connectivity index (χ2v) is 10.0. The fraction of sp³-hybridized carbons (Fsp3) is 0.257. The molecule has 6 aromatic rings. The van der Waals surface area contributed by atoms with Gasteiger partial charge in [0.15, 0.2) is 0 Å². The first kappa shape index (κ1) is 26.4. The van der Waals surface area contributed by atoms with Crippen LogP contribution in [0.3, 0.4) is 0 Å². The van der Waals surface area contributed by atoms with Gasteiger partial charge in [-0.05, 0) is 72.4 Å². The summed E-state index contributed by atoms with van der Waals surface area (Å²) in [5, 5.41) is 0. The third-order valence-corrected chi connectivity index (χ3v) is 7.39. The van der Waals surface area contributed by atoms with E-state index in [0.717, 1.165) is 53.1 Å². The van der Waals surface area contributed by atoms with Gasteiger partial charge >= 0.3 is 0 Å². The molecule has 198 valence electrons.